The van der Waals surface area contributed by atoms with Crippen LogP contribution in [0.15, 0.2) is 18.2 Å². The van der Waals surface area contributed by atoms with Crippen molar-refractivity contribution in [2.45, 2.75) is 26.2 Å². The van der Waals surface area contributed by atoms with Gasteiger partial charge in [0.2, 0.25) is 5.82 Å². The third kappa shape index (κ3) is 2.64. The van der Waals surface area contributed by atoms with Crippen molar-refractivity contribution in [1.29, 1.82) is 0 Å². The van der Waals surface area contributed by atoms with Crippen LogP contribution in [0.1, 0.15) is 26.6 Å². The molecule has 0 radical (unpaired) electrons. The first-order chi connectivity index (χ1) is 8.38. The topological polar surface area (TPSA) is 35.0 Å². The van der Waals surface area contributed by atoms with Gasteiger partial charge in [-0.15, -0.1) is 0 Å². The number of halogens is 2. The van der Waals surface area contributed by atoms with Gasteiger partial charge in [-0.1, -0.05) is 26.8 Å². The lowest BCUT2D eigenvalue weighted by molar-refractivity contribution is 0.411. The van der Waals surface area contributed by atoms with E-state index in [9.17, 15) is 8.78 Å². The summed E-state index contributed by atoms with van der Waals surface area (Å²) in [5.74, 6) is -1.55. The average molecular weight is 270 g/mol. The molecule has 0 spiro atoms. The molecule has 0 aliphatic rings. The molecular formula is C12H12F2N2OS. The summed E-state index contributed by atoms with van der Waals surface area (Å²) in [5, 5.41) is 0.199. The highest BCUT2D eigenvalue weighted by atomic mass is 32.1. The van der Waals surface area contributed by atoms with E-state index in [0.29, 0.717) is 5.82 Å². The molecule has 6 heteroatoms. The number of benzene rings is 1. The molecule has 0 amide bonds. The summed E-state index contributed by atoms with van der Waals surface area (Å²) >= 11 is 1.01. The zero-order chi connectivity index (χ0) is 13.3. The largest absolute Gasteiger partial charge is 0.427 e. The van der Waals surface area contributed by atoms with Crippen molar-refractivity contribution in [3.63, 3.8) is 0 Å². The molecule has 0 saturated carbocycles. The second-order valence-electron chi connectivity index (χ2n) is 4.79. The standard InChI is InChI=1S/C12H12F2N2OS/c1-12(2,3)10-15-11(18-16-10)17-8-6-4-5-7(13)9(8)14/h4-6H,1-3H3. The third-order valence-electron chi connectivity index (χ3n) is 2.19. The fraction of sp³-hybridized carbons (Fsp3) is 0.333. The molecule has 1 aromatic carbocycles. The van der Waals surface area contributed by atoms with Gasteiger partial charge in [0.25, 0.3) is 5.19 Å². The number of aromatic nitrogens is 2. The van der Waals surface area contributed by atoms with Crippen LogP contribution >= 0.6 is 11.5 Å². The summed E-state index contributed by atoms with van der Waals surface area (Å²) in [7, 11) is 0. The highest BCUT2D eigenvalue weighted by Crippen LogP contribution is 2.29. The maximum absolute atomic E-state index is 13.4. The van der Waals surface area contributed by atoms with E-state index >= 15 is 0 Å². The number of hydrogen-bond donors (Lipinski definition) is 0. The Balaban J connectivity index is 2.24. The minimum absolute atomic E-state index is 0.188. The van der Waals surface area contributed by atoms with Gasteiger partial charge in [0.1, 0.15) is 0 Å². The van der Waals surface area contributed by atoms with E-state index in [4.69, 9.17) is 4.74 Å². The third-order valence-corrected chi connectivity index (χ3v) is 2.79. The van der Waals surface area contributed by atoms with E-state index in [-0.39, 0.29) is 16.4 Å². The predicted molar refractivity (Wildman–Crippen MR) is 65.0 cm³/mol. The molecule has 0 bridgehead atoms. The van der Waals surface area contributed by atoms with Crippen molar-refractivity contribution >= 4 is 11.5 Å². The van der Waals surface area contributed by atoms with Crippen LogP contribution in [-0.2, 0) is 5.41 Å². The Morgan fingerprint density at radius 1 is 1.22 bits per heavy atom. The Morgan fingerprint density at radius 2 is 1.94 bits per heavy atom. The summed E-state index contributed by atoms with van der Waals surface area (Å²) in [4.78, 5) is 4.14. The van der Waals surface area contributed by atoms with Crippen LogP contribution in [0.2, 0.25) is 0 Å². The van der Waals surface area contributed by atoms with Crippen molar-refractivity contribution in [3.05, 3.63) is 35.7 Å². The van der Waals surface area contributed by atoms with Gasteiger partial charge in [0.15, 0.2) is 17.4 Å². The number of ether oxygens (including phenoxy) is 1. The number of nitrogens with zero attached hydrogens (tertiary/aromatic N) is 2. The molecule has 96 valence electrons. The summed E-state index contributed by atoms with van der Waals surface area (Å²) in [6.45, 7) is 5.88. The molecule has 1 aromatic heterocycles. The van der Waals surface area contributed by atoms with Gasteiger partial charge >= 0.3 is 0 Å². The summed E-state index contributed by atoms with van der Waals surface area (Å²) < 4.78 is 35.7. The number of hydrogen-bond acceptors (Lipinski definition) is 4. The Hall–Kier alpha value is -1.56. The lowest BCUT2D eigenvalue weighted by atomic mass is 9.96. The van der Waals surface area contributed by atoms with E-state index in [1.807, 2.05) is 20.8 Å². The first-order valence-electron chi connectivity index (χ1n) is 5.34. The van der Waals surface area contributed by atoms with Crippen molar-refractivity contribution in [2.24, 2.45) is 0 Å². The van der Waals surface area contributed by atoms with Gasteiger partial charge < -0.3 is 4.74 Å². The van der Waals surface area contributed by atoms with Crippen molar-refractivity contribution in [1.82, 2.24) is 9.36 Å². The van der Waals surface area contributed by atoms with E-state index in [1.165, 1.54) is 12.1 Å². The van der Waals surface area contributed by atoms with Crippen molar-refractivity contribution in [2.75, 3.05) is 0 Å². The van der Waals surface area contributed by atoms with E-state index in [2.05, 4.69) is 9.36 Å². The molecule has 2 rings (SSSR count). The zero-order valence-electron chi connectivity index (χ0n) is 10.2. The summed E-state index contributed by atoms with van der Waals surface area (Å²) in [6.07, 6.45) is 0. The fourth-order valence-corrected chi connectivity index (χ4v) is 1.95. The zero-order valence-corrected chi connectivity index (χ0v) is 11.0. The molecule has 0 atom stereocenters. The van der Waals surface area contributed by atoms with Crippen LogP contribution in [0.5, 0.6) is 10.9 Å². The lowest BCUT2D eigenvalue weighted by Gasteiger charge is -2.12. The van der Waals surface area contributed by atoms with Gasteiger partial charge in [-0.05, 0) is 12.1 Å². The molecule has 0 fully saturated rings. The maximum atomic E-state index is 13.4. The fourth-order valence-electron chi connectivity index (χ4n) is 1.21. The normalized spacial score (nSPS) is 11.6. The molecule has 0 saturated heterocycles. The molecule has 0 aliphatic carbocycles. The molecule has 1 heterocycles. The van der Waals surface area contributed by atoms with E-state index < -0.39 is 11.6 Å². The van der Waals surface area contributed by atoms with Gasteiger partial charge in [0, 0.05) is 16.9 Å². The Bertz CT molecular complexity index is 563. The second-order valence-corrected chi connectivity index (χ2v) is 5.50. The van der Waals surface area contributed by atoms with Gasteiger partial charge in [-0.2, -0.15) is 13.7 Å². The maximum Gasteiger partial charge on any atom is 0.298 e. The van der Waals surface area contributed by atoms with E-state index in [1.54, 1.807) is 0 Å². The molecule has 2 aromatic rings. The summed E-state index contributed by atoms with van der Waals surface area (Å²) in [6, 6.07) is 3.75. The molecule has 0 N–H and O–H groups in total. The Morgan fingerprint density at radius 3 is 2.56 bits per heavy atom. The van der Waals surface area contributed by atoms with Crippen molar-refractivity contribution in [3.8, 4) is 10.9 Å². The smallest absolute Gasteiger partial charge is 0.298 e. The van der Waals surface area contributed by atoms with Crippen LogP contribution in [-0.4, -0.2) is 9.36 Å². The van der Waals surface area contributed by atoms with Crippen molar-refractivity contribution < 1.29 is 13.5 Å². The monoisotopic (exact) mass is 270 g/mol. The average Bonchev–Trinajstić information content (AvgIpc) is 2.73. The molecule has 3 nitrogen and oxygen atoms in total. The Labute approximate surface area is 108 Å². The molecular weight excluding hydrogens is 258 g/mol. The lowest BCUT2D eigenvalue weighted by Crippen LogP contribution is -2.12. The Kier molecular flexibility index (Phi) is 3.30. The van der Waals surface area contributed by atoms with E-state index in [0.717, 1.165) is 17.6 Å². The number of rotatable bonds is 2. The predicted octanol–water partition coefficient (Wildman–Crippen LogP) is 3.91. The first-order valence-corrected chi connectivity index (χ1v) is 6.11. The first kappa shape index (κ1) is 12.9. The molecule has 0 unspecified atom stereocenters. The van der Waals surface area contributed by atoms with Gasteiger partial charge in [0.05, 0.1) is 0 Å². The summed E-state index contributed by atoms with van der Waals surface area (Å²) in [5.41, 5.74) is -0.210. The van der Waals surface area contributed by atoms with Gasteiger partial charge in [-0.25, -0.2) is 4.39 Å². The molecule has 0 aliphatic heterocycles. The second kappa shape index (κ2) is 4.61. The SMILES string of the molecule is CC(C)(C)c1nsc(Oc2cccc(F)c2F)n1. The quantitative estimate of drug-likeness (QED) is 0.830. The van der Waals surface area contributed by atoms with Crippen LogP contribution in [0.3, 0.4) is 0 Å². The van der Waals surface area contributed by atoms with Crippen LogP contribution in [0.25, 0.3) is 0 Å². The highest BCUT2D eigenvalue weighted by molar-refractivity contribution is 7.07. The van der Waals surface area contributed by atoms with Crippen LogP contribution < -0.4 is 4.74 Å². The highest BCUT2D eigenvalue weighted by Gasteiger charge is 2.21. The van der Waals surface area contributed by atoms with Crippen LogP contribution in [0.4, 0.5) is 8.78 Å². The minimum atomic E-state index is -1.02. The van der Waals surface area contributed by atoms with Crippen LogP contribution in [0, 0.1) is 11.6 Å². The minimum Gasteiger partial charge on any atom is -0.427 e. The van der Waals surface area contributed by atoms with Gasteiger partial charge in [-0.3, -0.25) is 0 Å². The molecule has 18 heavy (non-hydrogen) atoms.